The lowest BCUT2D eigenvalue weighted by Crippen LogP contribution is -2.09. The predicted octanol–water partition coefficient (Wildman–Crippen LogP) is 0.948. The van der Waals surface area contributed by atoms with Gasteiger partial charge in [-0.2, -0.15) is 0 Å². The molecule has 1 saturated heterocycles. The van der Waals surface area contributed by atoms with E-state index < -0.39 is 0 Å². The largest absolute Gasteiger partial charge is 0.508 e. The molecule has 1 aliphatic heterocycles. The molecule has 1 aliphatic rings. The lowest BCUT2D eigenvalue weighted by atomic mass is 10.2. The predicted molar refractivity (Wildman–Crippen MR) is 48.1 cm³/mol. The fourth-order valence-electron chi connectivity index (χ4n) is 1.01. The molecule has 4 heteroatoms. The Kier molecular flexibility index (Phi) is 2.37. The summed E-state index contributed by atoms with van der Waals surface area (Å²) in [6.45, 7) is 0.975. The first-order valence-electron chi connectivity index (χ1n) is 4.33. The average Bonchev–Trinajstić information content (AvgIpc) is 2.99. The number of aromatic hydroxyl groups is 1. The summed E-state index contributed by atoms with van der Waals surface area (Å²) in [4.78, 5) is 11.3. The van der Waals surface area contributed by atoms with E-state index in [1.54, 1.807) is 0 Å². The van der Waals surface area contributed by atoms with Gasteiger partial charge in [-0.05, 0) is 24.3 Å². The zero-order valence-electron chi connectivity index (χ0n) is 7.47. The van der Waals surface area contributed by atoms with Crippen molar-refractivity contribution in [3.63, 3.8) is 0 Å². The van der Waals surface area contributed by atoms with Gasteiger partial charge in [-0.15, -0.1) is 0 Å². The second kappa shape index (κ2) is 3.67. The minimum atomic E-state index is -0.388. The number of esters is 1. The molecule has 1 fully saturated rings. The Balaban J connectivity index is 1.92. The van der Waals surface area contributed by atoms with Gasteiger partial charge < -0.3 is 14.6 Å². The van der Waals surface area contributed by atoms with Crippen molar-refractivity contribution in [2.45, 2.75) is 6.10 Å². The maximum absolute atomic E-state index is 11.3. The monoisotopic (exact) mass is 194 g/mol. The van der Waals surface area contributed by atoms with Crippen LogP contribution in [0.15, 0.2) is 24.3 Å². The number of carbonyl (C=O) groups excluding carboxylic acids is 1. The van der Waals surface area contributed by atoms with Gasteiger partial charge >= 0.3 is 5.97 Å². The standard InChI is InChI=1S/C10H10O4/c11-8-3-1-7(2-4-8)10(12)14-6-9-5-13-9/h1-4,9,11H,5-6H2. The minimum Gasteiger partial charge on any atom is -0.508 e. The molecule has 2 rings (SSSR count). The molecule has 0 spiro atoms. The third kappa shape index (κ3) is 2.23. The highest BCUT2D eigenvalue weighted by molar-refractivity contribution is 5.89. The number of hydrogen-bond donors (Lipinski definition) is 1. The van der Waals surface area contributed by atoms with Crippen molar-refractivity contribution in [2.24, 2.45) is 0 Å². The van der Waals surface area contributed by atoms with E-state index in [-0.39, 0.29) is 17.8 Å². The number of hydrogen-bond acceptors (Lipinski definition) is 4. The van der Waals surface area contributed by atoms with Gasteiger partial charge in [0.15, 0.2) is 0 Å². The van der Waals surface area contributed by atoms with Crippen LogP contribution in [0.3, 0.4) is 0 Å². The van der Waals surface area contributed by atoms with Crippen LogP contribution in [0.4, 0.5) is 0 Å². The Bertz CT molecular complexity index is 326. The summed E-state index contributed by atoms with van der Waals surface area (Å²) in [5.41, 5.74) is 0.434. The molecule has 0 saturated carbocycles. The van der Waals surface area contributed by atoms with Crippen molar-refractivity contribution in [2.75, 3.05) is 13.2 Å². The van der Waals surface area contributed by atoms with Crippen molar-refractivity contribution in [3.8, 4) is 5.75 Å². The van der Waals surface area contributed by atoms with Crippen LogP contribution in [0.5, 0.6) is 5.75 Å². The zero-order chi connectivity index (χ0) is 9.97. The highest BCUT2D eigenvalue weighted by Gasteiger charge is 2.24. The molecule has 1 aromatic carbocycles. The summed E-state index contributed by atoms with van der Waals surface area (Å²) in [5.74, 6) is -0.257. The summed E-state index contributed by atoms with van der Waals surface area (Å²) >= 11 is 0. The second-order valence-electron chi connectivity index (χ2n) is 3.10. The first-order chi connectivity index (χ1) is 6.75. The third-order valence-electron chi connectivity index (χ3n) is 1.91. The van der Waals surface area contributed by atoms with Crippen molar-refractivity contribution in [1.82, 2.24) is 0 Å². The molecule has 0 aliphatic carbocycles. The molecule has 0 amide bonds. The van der Waals surface area contributed by atoms with Crippen LogP contribution in [-0.2, 0) is 9.47 Å². The third-order valence-corrected chi connectivity index (χ3v) is 1.91. The quantitative estimate of drug-likeness (QED) is 0.574. The first kappa shape index (κ1) is 9.02. The van der Waals surface area contributed by atoms with Crippen LogP contribution in [-0.4, -0.2) is 30.4 Å². The van der Waals surface area contributed by atoms with Crippen LogP contribution in [0, 0.1) is 0 Å². The summed E-state index contributed by atoms with van der Waals surface area (Å²) in [7, 11) is 0. The number of carbonyl (C=O) groups is 1. The number of benzene rings is 1. The van der Waals surface area contributed by atoms with Gasteiger partial charge in [-0.1, -0.05) is 0 Å². The van der Waals surface area contributed by atoms with Gasteiger partial charge in [-0.3, -0.25) is 0 Å². The Morgan fingerprint density at radius 2 is 2.14 bits per heavy atom. The van der Waals surface area contributed by atoms with Crippen LogP contribution < -0.4 is 0 Å². The lowest BCUT2D eigenvalue weighted by molar-refractivity contribution is 0.0476. The molecule has 1 heterocycles. The van der Waals surface area contributed by atoms with E-state index in [9.17, 15) is 4.79 Å². The van der Waals surface area contributed by atoms with E-state index in [4.69, 9.17) is 14.6 Å². The van der Waals surface area contributed by atoms with Gasteiger partial charge in [0, 0.05) is 0 Å². The maximum Gasteiger partial charge on any atom is 0.338 e. The number of rotatable bonds is 3. The van der Waals surface area contributed by atoms with E-state index in [2.05, 4.69) is 0 Å². The van der Waals surface area contributed by atoms with E-state index in [0.29, 0.717) is 18.8 Å². The molecular weight excluding hydrogens is 184 g/mol. The Morgan fingerprint density at radius 1 is 1.50 bits per heavy atom. The summed E-state index contributed by atoms with van der Waals surface area (Å²) in [6, 6.07) is 5.94. The smallest absolute Gasteiger partial charge is 0.338 e. The summed E-state index contributed by atoms with van der Waals surface area (Å²) in [6.07, 6.45) is 0.0797. The van der Waals surface area contributed by atoms with Gasteiger partial charge in [0.1, 0.15) is 18.5 Å². The number of epoxide rings is 1. The van der Waals surface area contributed by atoms with Crippen LogP contribution in [0.1, 0.15) is 10.4 Å². The highest BCUT2D eigenvalue weighted by atomic mass is 16.6. The van der Waals surface area contributed by atoms with Crippen molar-refractivity contribution < 1.29 is 19.4 Å². The minimum absolute atomic E-state index is 0.0797. The van der Waals surface area contributed by atoms with E-state index in [1.165, 1.54) is 24.3 Å². The van der Waals surface area contributed by atoms with Crippen LogP contribution in [0.2, 0.25) is 0 Å². The second-order valence-corrected chi connectivity index (χ2v) is 3.10. The zero-order valence-corrected chi connectivity index (χ0v) is 7.47. The van der Waals surface area contributed by atoms with Crippen molar-refractivity contribution in [3.05, 3.63) is 29.8 Å². The SMILES string of the molecule is O=C(OCC1CO1)c1ccc(O)cc1. The molecular formula is C10H10O4. The van der Waals surface area contributed by atoms with Crippen LogP contribution in [0.25, 0.3) is 0 Å². The van der Waals surface area contributed by atoms with Gasteiger partial charge in [-0.25, -0.2) is 4.79 Å². The first-order valence-corrected chi connectivity index (χ1v) is 4.33. The number of ether oxygens (including phenoxy) is 2. The van der Waals surface area contributed by atoms with Crippen LogP contribution >= 0.6 is 0 Å². The molecule has 1 N–H and O–H groups in total. The summed E-state index contributed by atoms with van der Waals surface area (Å²) in [5, 5.41) is 8.99. The molecule has 1 atom stereocenters. The summed E-state index contributed by atoms with van der Waals surface area (Å²) < 4.78 is 9.84. The lowest BCUT2D eigenvalue weighted by Gasteiger charge is -2.02. The Morgan fingerprint density at radius 3 is 2.71 bits per heavy atom. The highest BCUT2D eigenvalue weighted by Crippen LogP contribution is 2.13. The number of phenolic OH excluding ortho intramolecular Hbond substituents is 1. The van der Waals surface area contributed by atoms with Gasteiger partial charge in [0.25, 0.3) is 0 Å². The van der Waals surface area contributed by atoms with Crippen molar-refractivity contribution in [1.29, 1.82) is 0 Å². The molecule has 4 nitrogen and oxygen atoms in total. The van der Waals surface area contributed by atoms with Crippen molar-refractivity contribution >= 4 is 5.97 Å². The molecule has 0 aromatic heterocycles. The topological polar surface area (TPSA) is 59.1 Å². The molecule has 1 aromatic rings. The van der Waals surface area contributed by atoms with Gasteiger partial charge in [0.05, 0.1) is 12.2 Å². The normalized spacial score (nSPS) is 19.0. The van der Waals surface area contributed by atoms with Gasteiger partial charge in [0.2, 0.25) is 0 Å². The molecule has 74 valence electrons. The van der Waals surface area contributed by atoms with E-state index in [1.807, 2.05) is 0 Å². The molecule has 14 heavy (non-hydrogen) atoms. The fraction of sp³-hybridized carbons (Fsp3) is 0.300. The Hall–Kier alpha value is -1.55. The molecule has 0 bridgehead atoms. The van der Waals surface area contributed by atoms with E-state index in [0.717, 1.165) is 0 Å². The molecule has 0 radical (unpaired) electrons. The molecule has 1 unspecified atom stereocenters. The average molecular weight is 194 g/mol. The number of phenols is 1. The Labute approximate surface area is 81.1 Å². The van der Waals surface area contributed by atoms with E-state index >= 15 is 0 Å². The maximum atomic E-state index is 11.3. The fourth-order valence-corrected chi connectivity index (χ4v) is 1.01.